The van der Waals surface area contributed by atoms with E-state index < -0.39 is 33.7 Å². The van der Waals surface area contributed by atoms with E-state index in [2.05, 4.69) is 31.2 Å². The number of rotatable bonds is 19. The second-order valence-corrected chi connectivity index (χ2v) is 10.3. The molecule has 1 aromatic rings. The zero-order valence-corrected chi connectivity index (χ0v) is 25.5. The van der Waals surface area contributed by atoms with Crippen molar-refractivity contribution in [3.05, 3.63) is 35.9 Å². The summed E-state index contributed by atoms with van der Waals surface area (Å²) in [6, 6.07) is 11.7. The molecule has 0 aliphatic heterocycles. The SMILES string of the molecule is CCCCCCCCCCCCCCCCc1[c-]cccc1.O=C(O)CC(C(=O)O)S(=O)(=O)O.[K+]. The van der Waals surface area contributed by atoms with Gasteiger partial charge in [0.25, 0.3) is 10.1 Å². The van der Waals surface area contributed by atoms with Crippen LogP contribution in [0, 0.1) is 6.07 Å². The van der Waals surface area contributed by atoms with Gasteiger partial charge in [-0.1, -0.05) is 103 Å². The van der Waals surface area contributed by atoms with Gasteiger partial charge in [0.2, 0.25) is 0 Å². The van der Waals surface area contributed by atoms with Crippen LogP contribution in [0.2, 0.25) is 0 Å². The Balaban J connectivity index is 0. The first-order chi connectivity index (χ1) is 16.2. The number of hydrogen-bond donors (Lipinski definition) is 3. The molecule has 0 aliphatic rings. The molecular weight excluding hydrogens is 495 g/mol. The summed E-state index contributed by atoms with van der Waals surface area (Å²) in [6.45, 7) is 2.29. The summed E-state index contributed by atoms with van der Waals surface area (Å²) < 4.78 is 28.7. The maximum absolute atomic E-state index is 10.2. The zero-order valence-electron chi connectivity index (χ0n) is 21.6. The van der Waals surface area contributed by atoms with E-state index in [-0.39, 0.29) is 51.4 Å². The maximum Gasteiger partial charge on any atom is 1.00 e. The predicted octanol–water partition coefficient (Wildman–Crippen LogP) is 3.32. The summed E-state index contributed by atoms with van der Waals surface area (Å²) >= 11 is 0. The van der Waals surface area contributed by atoms with Gasteiger partial charge in [-0.25, -0.2) is 0 Å². The molecule has 0 fully saturated rings. The number of benzene rings is 1. The van der Waals surface area contributed by atoms with E-state index >= 15 is 0 Å². The molecule has 0 bridgehead atoms. The summed E-state index contributed by atoms with van der Waals surface area (Å²) in [5.41, 5.74) is 1.38. The Morgan fingerprint density at radius 2 is 1.29 bits per heavy atom. The second-order valence-electron chi connectivity index (χ2n) is 8.67. The minimum Gasteiger partial charge on any atom is -0.481 e. The van der Waals surface area contributed by atoms with Crippen LogP contribution in [-0.4, -0.2) is 40.4 Å². The van der Waals surface area contributed by atoms with Crippen molar-refractivity contribution in [2.75, 3.05) is 0 Å². The first-order valence-electron chi connectivity index (χ1n) is 12.5. The Bertz CT molecular complexity index is 754. The van der Waals surface area contributed by atoms with Crippen LogP contribution in [0.3, 0.4) is 0 Å². The molecule has 0 heterocycles. The molecule has 0 radical (unpaired) electrons. The largest absolute Gasteiger partial charge is 1.00 e. The third kappa shape index (κ3) is 23.8. The molecule has 7 nitrogen and oxygen atoms in total. The normalized spacial score (nSPS) is 11.6. The quantitative estimate of drug-likeness (QED) is 0.107. The molecule has 9 heteroatoms. The summed E-state index contributed by atoms with van der Waals surface area (Å²) in [4.78, 5) is 20.0. The van der Waals surface area contributed by atoms with Crippen molar-refractivity contribution in [1.82, 2.24) is 0 Å². The molecule has 3 N–H and O–H groups in total. The molecule has 0 aliphatic carbocycles. The van der Waals surface area contributed by atoms with Gasteiger partial charge in [0.15, 0.2) is 5.25 Å². The number of carboxylic acid groups (broad SMARTS) is 2. The summed E-state index contributed by atoms with van der Waals surface area (Å²) in [6.07, 6.45) is 20.1. The van der Waals surface area contributed by atoms with Gasteiger partial charge < -0.3 is 10.2 Å². The molecule has 0 amide bonds. The van der Waals surface area contributed by atoms with E-state index in [1.807, 2.05) is 6.07 Å². The van der Waals surface area contributed by atoms with Crippen LogP contribution in [0.25, 0.3) is 0 Å². The van der Waals surface area contributed by atoms with Crippen LogP contribution in [0.15, 0.2) is 24.3 Å². The van der Waals surface area contributed by atoms with Gasteiger partial charge in [-0.2, -0.15) is 44.3 Å². The third-order valence-corrected chi connectivity index (χ3v) is 6.66. The van der Waals surface area contributed by atoms with Gasteiger partial charge in [0.1, 0.15) is 0 Å². The van der Waals surface area contributed by atoms with E-state index in [4.69, 9.17) is 14.8 Å². The second kappa shape index (κ2) is 24.1. The minimum absolute atomic E-state index is 0. The van der Waals surface area contributed by atoms with Crippen molar-refractivity contribution >= 4 is 22.1 Å². The average molecular weight is 539 g/mol. The summed E-state index contributed by atoms with van der Waals surface area (Å²) in [5, 5.41) is 13.9. The summed E-state index contributed by atoms with van der Waals surface area (Å²) in [7, 11) is -4.84. The Hall–Kier alpha value is -0.294. The number of hydrogen-bond acceptors (Lipinski definition) is 4. The smallest absolute Gasteiger partial charge is 0.481 e. The minimum atomic E-state index is -4.84. The molecule has 0 saturated heterocycles. The Morgan fingerprint density at radius 3 is 1.60 bits per heavy atom. The van der Waals surface area contributed by atoms with Crippen molar-refractivity contribution in [2.24, 2.45) is 0 Å². The third-order valence-electron chi connectivity index (χ3n) is 5.57. The van der Waals surface area contributed by atoms with Gasteiger partial charge in [0, 0.05) is 0 Å². The Morgan fingerprint density at radius 1 is 0.829 bits per heavy atom. The number of aryl methyl sites for hydroxylation is 1. The maximum atomic E-state index is 10.2. The fourth-order valence-corrected chi connectivity index (χ4v) is 4.18. The van der Waals surface area contributed by atoms with Crippen LogP contribution in [0.5, 0.6) is 0 Å². The van der Waals surface area contributed by atoms with Gasteiger partial charge in [0.05, 0.1) is 6.42 Å². The number of carbonyl (C=O) groups is 2. The van der Waals surface area contributed by atoms with Gasteiger partial charge in [-0.15, -0.1) is 0 Å². The van der Waals surface area contributed by atoms with Crippen molar-refractivity contribution < 1.29 is 84.2 Å². The Labute approximate surface area is 254 Å². The number of aliphatic carboxylic acids is 2. The Kier molecular flexibility index (Phi) is 25.3. The van der Waals surface area contributed by atoms with Gasteiger partial charge >= 0.3 is 63.3 Å². The fourth-order valence-electron chi connectivity index (χ4n) is 3.57. The van der Waals surface area contributed by atoms with Crippen molar-refractivity contribution in [1.29, 1.82) is 0 Å². The molecule has 0 aromatic heterocycles. The summed E-state index contributed by atoms with van der Waals surface area (Å²) in [5.74, 6) is -3.50. The van der Waals surface area contributed by atoms with Crippen LogP contribution in [-0.2, 0) is 26.1 Å². The van der Waals surface area contributed by atoms with Crippen molar-refractivity contribution in [3.8, 4) is 0 Å². The molecule has 1 unspecified atom stereocenters. The zero-order chi connectivity index (χ0) is 25.7. The van der Waals surface area contributed by atoms with Gasteiger partial charge in [-0.3, -0.25) is 14.1 Å². The monoisotopic (exact) mass is 538 g/mol. The van der Waals surface area contributed by atoms with Gasteiger partial charge in [-0.05, 0) is 0 Å². The average Bonchev–Trinajstić information content (AvgIpc) is 2.78. The fraction of sp³-hybridized carbons (Fsp3) is 0.692. The molecule has 35 heavy (non-hydrogen) atoms. The molecule has 1 rings (SSSR count). The molecular formula is C26H43KO7S. The van der Waals surface area contributed by atoms with Crippen LogP contribution >= 0.6 is 0 Å². The standard InChI is InChI=1S/C22H37.C4H6O7S.K/c1-2-3-4-5-6-7-8-9-10-11-12-13-14-16-19-22-20-17-15-18-21-22;5-3(6)1-2(4(7)8)12(9,10)11;/h15,17-18,20H,2-14,16,19H2,1H3;2H,1H2,(H,5,6)(H,7,8)(H,9,10,11);/q-1;;+1. The molecule has 0 spiro atoms. The van der Waals surface area contributed by atoms with E-state index in [1.54, 1.807) is 0 Å². The first-order valence-corrected chi connectivity index (χ1v) is 14.0. The van der Waals surface area contributed by atoms with Crippen molar-refractivity contribution in [2.45, 2.75) is 115 Å². The van der Waals surface area contributed by atoms with E-state index in [1.165, 1.54) is 102 Å². The van der Waals surface area contributed by atoms with Crippen molar-refractivity contribution in [3.63, 3.8) is 0 Å². The van der Waals surface area contributed by atoms with Crippen LogP contribution in [0.4, 0.5) is 0 Å². The van der Waals surface area contributed by atoms with E-state index in [0.29, 0.717) is 0 Å². The predicted molar refractivity (Wildman–Crippen MR) is 135 cm³/mol. The first kappa shape index (κ1) is 36.9. The van der Waals surface area contributed by atoms with E-state index in [9.17, 15) is 18.0 Å². The molecule has 0 saturated carbocycles. The number of carboxylic acids is 2. The van der Waals surface area contributed by atoms with E-state index in [0.717, 1.165) is 0 Å². The van der Waals surface area contributed by atoms with Crippen LogP contribution < -0.4 is 51.4 Å². The number of unbranched alkanes of at least 4 members (excludes halogenated alkanes) is 13. The van der Waals surface area contributed by atoms with Crippen LogP contribution in [0.1, 0.15) is 109 Å². The topological polar surface area (TPSA) is 129 Å². The molecule has 196 valence electrons. The molecule has 1 atom stereocenters. The molecule has 1 aromatic carbocycles.